The largest absolute Gasteiger partial charge is 0.378 e. The number of ether oxygens (including phenoxy) is 1. The highest BCUT2D eigenvalue weighted by Gasteiger charge is 2.12. The van der Waals surface area contributed by atoms with Crippen molar-refractivity contribution in [3.8, 4) is 0 Å². The monoisotopic (exact) mass is 428 g/mol. The molecule has 0 aliphatic heterocycles. The minimum Gasteiger partial charge on any atom is -0.378 e. The van der Waals surface area contributed by atoms with E-state index in [1.807, 2.05) is 0 Å². The third-order valence-corrected chi connectivity index (χ3v) is 6.75. The quantitative estimate of drug-likeness (QED) is 0.104. The van der Waals surface area contributed by atoms with Gasteiger partial charge in [0.05, 0.1) is 11.5 Å². The van der Waals surface area contributed by atoms with Crippen LogP contribution in [-0.4, -0.2) is 24.4 Å². The summed E-state index contributed by atoms with van der Waals surface area (Å²) >= 11 is 5.79. The van der Waals surface area contributed by atoms with Gasteiger partial charge >= 0.3 is 0 Å². The molecule has 0 aromatic carbocycles. The van der Waals surface area contributed by atoms with Crippen molar-refractivity contribution in [3.05, 3.63) is 0 Å². The third-order valence-electron chi connectivity index (χ3n) is 6.43. The van der Waals surface area contributed by atoms with Crippen LogP contribution in [0.1, 0.15) is 141 Å². The summed E-state index contributed by atoms with van der Waals surface area (Å²) in [5.74, 6) is 0. The molecule has 0 N–H and O–H groups in total. The average Bonchev–Trinajstić information content (AvgIpc) is 2.75. The van der Waals surface area contributed by atoms with E-state index in [0.29, 0.717) is 6.10 Å². The Labute approximate surface area is 186 Å². The molecular weight excluding hydrogens is 380 g/mol. The molecule has 1 unspecified atom stereocenters. The van der Waals surface area contributed by atoms with Crippen LogP contribution in [0, 0.1) is 0 Å². The van der Waals surface area contributed by atoms with Crippen LogP contribution in [0.4, 0.5) is 0 Å². The molecule has 0 radical (unpaired) electrons. The van der Waals surface area contributed by atoms with Crippen molar-refractivity contribution in [1.29, 1.82) is 0 Å². The SMILES string of the molecule is O=CC(Cl)CCCCCCCCCCCCCCCCCCOC1CCCCC1. The number of aldehydes is 1. The highest BCUT2D eigenvalue weighted by atomic mass is 35.5. The van der Waals surface area contributed by atoms with Gasteiger partial charge in [-0.25, -0.2) is 0 Å². The van der Waals surface area contributed by atoms with Crippen molar-refractivity contribution < 1.29 is 9.53 Å². The number of hydrogen-bond acceptors (Lipinski definition) is 2. The fourth-order valence-corrected chi connectivity index (χ4v) is 4.62. The molecule has 0 amide bonds. The molecule has 1 saturated carbocycles. The summed E-state index contributed by atoms with van der Waals surface area (Å²) in [6.07, 6.45) is 30.8. The summed E-state index contributed by atoms with van der Waals surface area (Å²) in [6.45, 7) is 0.999. The number of carbonyl (C=O) groups is 1. The molecule has 1 fully saturated rings. The van der Waals surface area contributed by atoms with Crippen molar-refractivity contribution >= 4 is 17.9 Å². The smallest absolute Gasteiger partial charge is 0.137 e. The lowest BCUT2D eigenvalue weighted by Gasteiger charge is -2.21. The molecule has 0 heterocycles. The standard InChI is InChI=1S/C26H49ClO2/c27-25(24-28)20-16-13-11-9-7-5-3-1-2-4-6-8-10-12-14-19-23-29-26-21-17-15-18-22-26/h24-26H,1-23H2. The zero-order valence-electron chi connectivity index (χ0n) is 19.2. The van der Waals surface area contributed by atoms with Gasteiger partial charge in [-0.2, -0.15) is 0 Å². The number of carbonyl (C=O) groups excluding carboxylic acids is 1. The van der Waals surface area contributed by atoms with Crippen LogP contribution in [0.25, 0.3) is 0 Å². The first-order chi connectivity index (χ1) is 14.3. The first-order valence-corrected chi connectivity index (χ1v) is 13.5. The molecule has 0 aromatic heterocycles. The van der Waals surface area contributed by atoms with Crippen molar-refractivity contribution in [2.75, 3.05) is 6.61 Å². The first kappa shape index (κ1) is 27.0. The van der Waals surface area contributed by atoms with Gasteiger partial charge in [0.15, 0.2) is 0 Å². The Balaban J connectivity index is 1.65. The Morgan fingerprint density at radius 2 is 1.07 bits per heavy atom. The Bertz CT molecular complexity index is 342. The molecular formula is C26H49ClO2. The Morgan fingerprint density at radius 1 is 0.655 bits per heavy atom. The average molecular weight is 429 g/mol. The van der Waals surface area contributed by atoms with Crippen LogP contribution in [0.15, 0.2) is 0 Å². The van der Waals surface area contributed by atoms with Crippen LogP contribution in [0.2, 0.25) is 0 Å². The molecule has 0 spiro atoms. The highest BCUT2D eigenvalue weighted by Crippen LogP contribution is 2.20. The van der Waals surface area contributed by atoms with E-state index in [-0.39, 0.29) is 5.38 Å². The van der Waals surface area contributed by atoms with Crippen LogP contribution in [-0.2, 0) is 9.53 Å². The summed E-state index contributed by atoms with van der Waals surface area (Å²) in [5.41, 5.74) is 0. The van der Waals surface area contributed by atoms with E-state index in [1.165, 1.54) is 128 Å². The lowest BCUT2D eigenvalue weighted by molar-refractivity contribution is -0.107. The molecule has 1 aliphatic carbocycles. The Morgan fingerprint density at radius 3 is 1.52 bits per heavy atom. The maximum absolute atomic E-state index is 10.4. The molecule has 3 heteroatoms. The minimum absolute atomic E-state index is 0.263. The number of unbranched alkanes of at least 4 members (excludes halogenated alkanes) is 15. The second kappa shape index (κ2) is 21.2. The molecule has 1 aliphatic rings. The number of rotatable bonds is 21. The minimum atomic E-state index is -0.263. The molecule has 2 nitrogen and oxygen atoms in total. The summed E-state index contributed by atoms with van der Waals surface area (Å²) in [5, 5.41) is -0.263. The predicted molar refractivity (Wildman–Crippen MR) is 127 cm³/mol. The van der Waals surface area contributed by atoms with E-state index in [1.54, 1.807) is 0 Å². The fraction of sp³-hybridized carbons (Fsp3) is 0.962. The van der Waals surface area contributed by atoms with Gasteiger partial charge in [-0.1, -0.05) is 116 Å². The number of halogens is 1. The summed E-state index contributed by atoms with van der Waals surface area (Å²) in [6, 6.07) is 0. The van der Waals surface area contributed by atoms with Gasteiger partial charge in [-0.15, -0.1) is 11.6 Å². The van der Waals surface area contributed by atoms with E-state index >= 15 is 0 Å². The maximum atomic E-state index is 10.4. The molecule has 1 atom stereocenters. The Hall–Kier alpha value is -0.0800. The number of alkyl halides is 1. The Kier molecular flexibility index (Phi) is 19.7. The normalized spacial score (nSPS) is 16.2. The van der Waals surface area contributed by atoms with Crippen molar-refractivity contribution in [1.82, 2.24) is 0 Å². The van der Waals surface area contributed by atoms with Crippen molar-refractivity contribution in [2.24, 2.45) is 0 Å². The molecule has 29 heavy (non-hydrogen) atoms. The van der Waals surface area contributed by atoms with Crippen LogP contribution in [0.3, 0.4) is 0 Å². The van der Waals surface area contributed by atoms with Crippen molar-refractivity contribution in [2.45, 2.75) is 153 Å². The van der Waals surface area contributed by atoms with Crippen molar-refractivity contribution in [3.63, 3.8) is 0 Å². The van der Waals surface area contributed by atoms with E-state index in [0.717, 1.165) is 25.7 Å². The van der Waals surface area contributed by atoms with E-state index in [2.05, 4.69) is 0 Å². The third kappa shape index (κ3) is 18.4. The maximum Gasteiger partial charge on any atom is 0.137 e. The van der Waals surface area contributed by atoms with E-state index in [4.69, 9.17) is 16.3 Å². The fourth-order valence-electron chi connectivity index (χ4n) is 4.47. The van der Waals surface area contributed by atoms with Gasteiger partial charge in [0.2, 0.25) is 0 Å². The molecule has 1 rings (SSSR count). The van der Waals surface area contributed by atoms with Gasteiger partial charge in [-0.05, 0) is 25.7 Å². The highest BCUT2D eigenvalue weighted by molar-refractivity contribution is 6.27. The lowest BCUT2D eigenvalue weighted by atomic mass is 9.98. The zero-order valence-corrected chi connectivity index (χ0v) is 19.9. The van der Waals surface area contributed by atoms with Crippen LogP contribution >= 0.6 is 11.6 Å². The van der Waals surface area contributed by atoms with E-state index in [9.17, 15) is 4.79 Å². The van der Waals surface area contributed by atoms with Gasteiger partial charge < -0.3 is 9.53 Å². The van der Waals surface area contributed by atoms with Gasteiger partial charge in [0, 0.05) is 6.61 Å². The molecule has 0 aromatic rings. The van der Waals surface area contributed by atoms with Gasteiger partial charge in [-0.3, -0.25) is 0 Å². The summed E-state index contributed by atoms with van der Waals surface area (Å²) in [7, 11) is 0. The second-order valence-electron chi connectivity index (χ2n) is 9.23. The summed E-state index contributed by atoms with van der Waals surface area (Å²) < 4.78 is 6.00. The first-order valence-electron chi connectivity index (χ1n) is 13.0. The molecule has 0 bridgehead atoms. The zero-order chi connectivity index (χ0) is 20.8. The van der Waals surface area contributed by atoms with E-state index < -0.39 is 0 Å². The van der Waals surface area contributed by atoms with Gasteiger partial charge in [0.25, 0.3) is 0 Å². The van der Waals surface area contributed by atoms with Gasteiger partial charge in [0.1, 0.15) is 6.29 Å². The topological polar surface area (TPSA) is 26.3 Å². The second-order valence-corrected chi connectivity index (χ2v) is 9.79. The molecule has 172 valence electrons. The van der Waals surface area contributed by atoms with Crippen LogP contribution < -0.4 is 0 Å². The molecule has 0 saturated heterocycles. The summed E-state index contributed by atoms with van der Waals surface area (Å²) in [4.78, 5) is 10.4. The lowest BCUT2D eigenvalue weighted by Crippen LogP contribution is -2.17. The predicted octanol–water partition coefficient (Wildman–Crippen LogP) is 8.77. The van der Waals surface area contributed by atoms with Crippen LogP contribution in [0.5, 0.6) is 0 Å². The number of hydrogen-bond donors (Lipinski definition) is 0.